The van der Waals surface area contributed by atoms with Gasteiger partial charge in [-0.1, -0.05) is 12.1 Å². The van der Waals surface area contributed by atoms with Gasteiger partial charge in [-0.3, -0.25) is 4.79 Å². The van der Waals surface area contributed by atoms with Crippen molar-refractivity contribution in [3.05, 3.63) is 29.3 Å². The van der Waals surface area contributed by atoms with Crippen LogP contribution in [0.1, 0.15) is 23.6 Å². The number of nitrogens with two attached hydrogens (primary N) is 1. The second kappa shape index (κ2) is 3.55. The maximum Gasteiger partial charge on any atom is 0.228 e. The van der Waals surface area contributed by atoms with E-state index in [0.717, 1.165) is 17.7 Å². The number of benzene rings is 1. The minimum absolute atomic E-state index is 0.00184. The third-order valence-corrected chi connectivity index (χ3v) is 3.09. The molecule has 1 aromatic carbocycles. The lowest BCUT2D eigenvalue weighted by Gasteiger charge is -2.10. The highest BCUT2D eigenvalue weighted by atomic mass is 16.1. The molecule has 5 nitrogen and oxygen atoms in total. The largest absolute Gasteiger partial charge is 0.326 e. The maximum atomic E-state index is 11.2. The van der Waals surface area contributed by atoms with E-state index < -0.39 is 0 Å². The van der Waals surface area contributed by atoms with Crippen LogP contribution in [0.5, 0.6) is 0 Å². The topological polar surface area (TPSA) is 79.2 Å². The number of carbonyl (C=O) groups is 1. The summed E-state index contributed by atoms with van der Waals surface area (Å²) in [6, 6.07) is 6.30. The average Bonchev–Trinajstić information content (AvgIpc) is 2.81. The summed E-state index contributed by atoms with van der Waals surface area (Å²) in [5, 5.41) is 2.82. The highest BCUT2D eigenvalue weighted by molar-refractivity contribution is 5.99. The number of rotatable bonds is 1. The Hall–Kier alpha value is -1.43. The number of hydrazine groups is 1. The SMILES string of the molecule is NC1CC(c2ccc3c(c2)CC(=O)N3)NN1. The molecule has 0 bridgehead atoms. The van der Waals surface area contributed by atoms with Crippen LogP contribution in [0.25, 0.3) is 0 Å². The Kier molecular flexibility index (Phi) is 2.17. The van der Waals surface area contributed by atoms with Gasteiger partial charge in [-0.25, -0.2) is 10.9 Å². The molecule has 1 aromatic rings. The zero-order valence-electron chi connectivity index (χ0n) is 8.79. The second-order valence-electron chi connectivity index (χ2n) is 4.32. The first kappa shape index (κ1) is 9.77. The molecule has 5 N–H and O–H groups in total. The van der Waals surface area contributed by atoms with Crippen molar-refractivity contribution < 1.29 is 4.79 Å². The maximum absolute atomic E-state index is 11.2. The van der Waals surface area contributed by atoms with Gasteiger partial charge in [0.2, 0.25) is 5.91 Å². The van der Waals surface area contributed by atoms with Gasteiger partial charge in [-0.2, -0.15) is 0 Å². The highest BCUT2D eigenvalue weighted by Gasteiger charge is 2.24. The number of hydrogen-bond acceptors (Lipinski definition) is 4. The first-order chi connectivity index (χ1) is 7.72. The predicted molar refractivity (Wildman–Crippen MR) is 60.4 cm³/mol. The third-order valence-electron chi connectivity index (χ3n) is 3.09. The molecule has 0 saturated carbocycles. The number of amides is 1. The minimum atomic E-state index is -0.00184. The summed E-state index contributed by atoms with van der Waals surface area (Å²) in [7, 11) is 0. The standard InChI is InChI=1S/C11H14N4O/c12-10-5-9(14-15-10)6-1-2-8-7(3-6)4-11(16)13-8/h1-3,9-10,14-15H,4-5,12H2,(H,13,16). The van der Waals surface area contributed by atoms with Crippen molar-refractivity contribution >= 4 is 11.6 Å². The van der Waals surface area contributed by atoms with Crippen molar-refractivity contribution in [2.75, 3.05) is 5.32 Å². The molecule has 1 fully saturated rings. The molecule has 0 radical (unpaired) electrons. The van der Waals surface area contributed by atoms with Crippen LogP contribution >= 0.6 is 0 Å². The van der Waals surface area contributed by atoms with Crippen LogP contribution in [0.3, 0.4) is 0 Å². The van der Waals surface area contributed by atoms with Crippen molar-refractivity contribution in [1.82, 2.24) is 10.9 Å². The van der Waals surface area contributed by atoms with Gasteiger partial charge >= 0.3 is 0 Å². The Morgan fingerprint density at radius 3 is 2.94 bits per heavy atom. The van der Waals surface area contributed by atoms with E-state index in [-0.39, 0.29) is 18.1 Å². The van der Waals surface area contributed by atoms with E-state index in [2.05, 4.69) is 22.2 Å². The van der Waals surface area contributed by atoms with Gasteiger partial charge in [-0.15, -0.1) is 0 Å². The van der Waals surface area contributed by atoms with E-state index in [1.807, 2.05) is 12.1 Å². The quantitative estimate of drug-likeness (QED) is 0.535. The summed E-state index contributed by atoms with van der Waals surface area (Å²) < 4.78 is 0. The van der Waals surface area contributed by atoms with Gasteiger partial charge in [0.1, 0.15) is 0 Å². The molecule has 3 rings (SSSR count). The van der Waals surface area contributed by atoms with Crippen LogP contribution in [0.2, 0.25) is 0 Å². The molecule has 2 aliphatic heterocycles. The monoisotopic (exact) mass is 218 g/mol. The Bertz CT molecular complexity index is 446. The summed E-state index contributed by atoms with van der Waals surface area (Å²) in [5.74, 6) is 0.0707. The van der Waals surface area contributed by atoms with Crippen LogP contribution in [0.4, 0.5) is 5.69 Å². The smallest absolute Gasteiger partial charge is 0.228 e. The van der Waals surface area contributed by atoms with E-state index in [4.69, 9.17) is 5.73 Å². The van der Waals surface area contributed by atoms with E-state index in [0.29, 0.717) is 6.42 Å². The van der Waals surface area contributed by atoms with Crippen LogP contribution in [-0.4, -0.2) is 12.1 Å². The Morgan fingerprint density at radius 1 is 1.31 bits per heavy atom. The van der Waals surface area contributed by atoms with Gasteiger partial charge in [0.15, 0.2) is 0 Å². The van der Waals surface area contributed by atoms with Crippen molar-refractivity contribution in [3.8, 4) is 0 Å². The van der Waals surface area contributed by atoms with Gasteiger partial charge in [0.05, 0.1) is 12.6 Å². The third kappa shape index (κ3) is 1.59. The second-order valence-corrected chi connectivity index (χ2v) is 4.32. The lowest BCUT2D eigenvalue weighted by molar-refractivity contribution is -0.115. The van der Waals surface area contributed by atoms with Gasteiger partial charge in [0.25, 0.3) is 0 Å². The molecule has 2 unspecified atom stereocenters. The molecule has 2 atom stereocenters. The molecule has 0 aromatic heterocycles. The highest BCUT2D eigenvalue weighted by Crippen LogP contribution is 2.28. The van der Waals surface area contributed by atoms with E-state index >= 15 is 0 Å². The van der Waals surface area contributed by atoms with Crippen molar-refractivity contribution in [2.24, 2.45) is 5.73 Å². The zero-order chi connectivity index (χ0) is 11.1. The van der Waals surface area contributed by atoms with Crippen LogP contribution in [0, 0.1) is 0 Å². The Morgan fingerprint density at radius 2 is 2.19 bits per heavy atom. The first-order valence-electron chi connectivity index (χ1n) is 5.42. The lowest BCUT2D eigenvalue weighted by atomic mass is 10.0. The van der Waals surface area contributed by atoms with Crippen molar-refractivity contribution in [1.29, 1.82) is 0 Å². The van der Waals surface area contributed by atoms with Crippen molar-refractivity contribution in [2.45, 2.75) is 25.0 Å². The molecule has 16 heavy (non-hydrogen) atoms. The predicted octanol–water partition coefficient (Wildman–Crippen LogP) is 0.00500. The Labute approximate surface area is 93.4 Å². The van der Waals surface area contributed by atoms with E-state index in [1.165, 1.54) is 5.56 Å². The number of hydrogen-bond donors (Lipinski definition) is 4. The normalized spacial score (nSPS) is 27.9. The first-order valence-corrected chi connectivity index (χ1v) is 5.42. The molecular weight excluding hydrogens is 204 g/mol. The summed E-state index contributed by atoms with van der Waals surface area (Å²) in [5.41, 5.74) is 15.1. The molecule has 2 heterocycles. The average molecular weight is 218 g/mol. The summed E-state index contributed by atoms with van der Waals surface area (Å²) in [4.78, 5) is 11.2. The molecule has 1 amide bonds. The molecule has 5 heteroatoms. The van der Waals surface area contributed by atoms with Crippen molar-refractivity contribution in [3.63, 3.8) is 0 Å². The van der Waals surface area contributed by atoms with Crippen LogP contribution in [-0.2, 0) is 11.2 Å². The number of anilines is 1. The van der Waals surface area contributed by atoms with Gasteiger partial charge in [0, 0.05) is 11.7 Å². The number of nitrogens with one attached hydrogen (secondary N) is 3. The summed E-state index contributed by atoms with van der Waals surface area (Å²) in [6.07, 6.45) is 1.34. The van der Waals surface area contributed by atoms with E-state index in [9.17, 15) is 4.79 Å². The number of fused-ring (bicyclic) bond motifs is 1. The van der Waals surface area contributed by atoms with Gasteiger partial charge < -0.3 is 11.1 Å². The molecule has 1 saturated heterocycles. The summed E-state index contributed by atoms with van der Waals surface area (Å²) in [6.45, 7) is 0. The molecule has 84 valence electrons. The fourth-order valence-electron chi connectivity index (χ4n) is 2.26. The molecule has 2 aliphatic rings. The van der Waals surface area contributed by atoms with Crippen LogP contribution < -0.4 is 21.9 Å². The molecular formula is C11H14N4O. The Balaban J connectivity index is 1.87. The minimum Gasteiger partial charge on any atom is -0.326 e. The lowest BCUT2D eigenvalue weighted by Crippen LogP contribution is -2.36. The molecule has 0 spiro atoms. The fourth-order valence-corrected chi connectivity index (χ4v) is 2.26. The summed E-state index contributed by atoms with van der Waals surface area (Å²) >= 11 is 0. The zero-order valence-corrected chi connectivity index (χ0v) is 8.79. The van der Waals surface area contributed by atoms with Gasteiger partial charge in [-0.05, 0) is 23.6 Å². The molecule has 0 aliphatic carbocycles. The van der Waals surface area contributed by atoms with E-state index in [1.54, 1.807) is 0 Å². The van der Waals surface area contributed by atoms with Crippen LogP contribution in [0.15, 0.2) is 18.2 Å². The number of carbonyl (C=O) groups excluding carboxylic acids is 1. The fraction of sp³-hybridized carbons (Fsp3) is 0.364.